The molecule has 0 aliphatic rings. The summed E-state index contributed by atoms with van der Waals surface area (Å²) in [6.45, 7) is 3.89. The van der Waals surface area contributed by atoms with E-state index < -0.39 is 5.89 Å². The first-order valence-electron chi connectivity index (χ1n) is 21.1. The lowest BCUT2D eigenvalue weighted by Crippen LogP contribution is -2.04. The minimum atomic E-state index is -0.908. The van der Waals surface area contributed by atoms with Gasteiger partial charge in [-0.2, -0.15) is 0 Å². The summed E-state index contributed by atoms with van der Waals surface area (Å²) in [5, 5.41) is 11.6. The van der Waals surface area contributed by atoms with E-state index in [-0.39, 0.29) is 5.75 Å². The molecule has 0 aliphatic carbocycles. The highest BCUT2D eigenvalue weighted by Crippen LogP contribution is 2.44. The number of aromatic hydroxyl groups is 1. The fourth-order valence-corrected chi connectivity index (χ4v) is 8.44. The van der Waals surface area contributed by atoms with Crippen LogP contribution in [0.15, 0.2) is 212 Å². The van der Waals surface area contributed by atoms with Crippen LogP contribution in [0.2, 0.25) is 0 Å². The number of hydrogen-bond acceptors (Lipinski definition) is 3. The lowest BCUT2D eigenvalue weighted by Gasteiger charge is -2.22. The topological polar surface area (TPSA) is 50.9 Å². The third kappa shape index (κ3) is 7.19. The number of phenols is 1. The molecule has 10 rings (SSSR count). The zero-order valence-electron chi connectivity index (χ0n) is 35.0. The van der Waals surface area contributed by atoms with E-state index in [9.17, 15) is 6.48 Å². The van der Waals surface area contributed by atoms with Gasteiger partial charge in [0.25, 0.3) is 0 Å². The van der Waals surface area contributed by atoms with Gasteiger partial charge in [-0.1, -0.05) is 159 Å². The highest BCUT2D eigenvalue weighted by molar-refractivity contribution is 5.99. The highest BCUT2D eigenvalue weighted by Gasteiger charge is 2.24. The van der Waals surface area contributed by atoms with Crippen molar-refractivity contribution < 1.29 is 6.48 Å². The molecular formula is C57H43N3O. The summed E-state index contributed by atoms with van der Waals surface area (Å²) in [6.07, 6.45) is 1.88. The molecule has 4 heteroatoms. The van der Waals surface area contributed by atoms with Crippen LogP contribution in [0.5, 0.6) is 5.75 Å². The summed E-state index contributed by atoms with van der Waals surface area (Å²) in [5.41, 5.74) is 16.2. The van der Waals surface area contributed by atoms with Gasteiger partial charge in [-0.15, -0.1) is 0 Å². The third-order valence-electron chi connectivity index (χ3n) is 11.4. The van der Waals surface area contributed by atoms with Crippen molar-refractivity contribution in [2.45, 2.75) is 19.7 Å². The van der Waals surface area contributed by atoms with Crippen molar-refractivity contribution in [3.8, 4) is 89.7 Å². The van der Waals surface area contributed by atoms with Gasteiger partial charge in [-0.05, 0) is 117 Å². The van der Waals surface area contributed by atoms with Crippen molar-refractivity contribution >= 4 is 11.0 Å². The molecule has 0 radical (unpaired) electrons. The second-order valence-corrected chi connectivity index (χ2v) is 15.6. The molecule has 10 aromatic rings. The molecule has 0 atom stereocenters. The van der Waals surface area contributed by atoms with Crippen LogP contribution in [0.3, 0.4) is 0 Å². The first-order valence-corrected chi connectivity index (χ1v) is 20.6. The molecule has 292 valence electrons. The van der Waals surface area contributed by atoms with Crippen LogP contribution in [0.25, 0.3) is 95.0 Å². The Bertz CT molecular complexity index is 3210. The molecule has 1 N–H and O–H groups in total. The minimum absolute atomic E-state index is 0.136. The molecule has 4 nitrogen and oxygen atoms in total. The smallest absolute Gasteiger partial charge is 0.149 e. The van der Waals surface area contributed by atoms with Crippen molar-refractivity contribution in [1.82, 2.24) is 14.5 Å². The van der Waals surface area contributed by atoms with Crippen LogP contribution >= 0.6 is 0 Å². The van der Waals surface area contributed by atoms with Gasteiger partial charge in [-0.3, -0.25) is 9.55 Å². The van der Waals surface area contributed by atoms with E-state index in [0.717, 1.165) is 89.2 Å². The fraction of sp³-hybridized carbons (Fsp3) is 0.0526. The highest BCUT2D eigenvalue weighted by atomic mass is 16.3. The lowest BCUT2D eigenvalue weighted by atomic mass is 9.88. The quantitative estimate of drug-likeness (QED) is 0.159. The van der Waals surface area contributed by atoms with Crippen LogP contribution < -0.4 is 0 Å². The minimum Gasteiger partial charge on any atom is -0.507 e. The number of fused-ring (bicyclic) bond motifs is 1. The number of benzene rings is 8. The molecule has 2 heterocycles. The summed E-state index contributed by atoms with van der Waals surface area (Å²) in [4.78, 5) is 10.4. The van der Waals surface area contributed by atoms with E-state index in [1.165, 1.54) is 0 Å². The van der Waals surface area contributed by atoms with E-state index >= 15 is 0 Å². The fourth-order valence-electron chi connectivity index (χ4n) is 8.44. The molecule has 8 aromatic carbocycles. The Morgan fingerprint density at radius 2 is 1.02 bits per heavy atom. The maximum atomic E-state index is 11.6. The maximum Gasteiger partial charge on any atom is 0.149 e. The maximum absolute atomic E-state index is 11.6. The van der Waals surface area contributed by atoms with Crippen LogP contribution in [0.4, 0.5) is 0 Å². The lowest BCUT2D eigenvalue weighted by molar-refractivity contribution is 0.477. The van der Waals surface area contributed by atoms with Gasteiger partial charge in [0.1, 0.15) is 11.6 Å². The molecule has 0 saturated carbocycles. The average molecular weight is 787 g/mol. The largest absolute Gasteiger partial charge is 0.507 e. The number of aromatic nitrogens is 3. The SMILES string of the molecule is [2H]C(C)(C)c1cc(-c2ccccc2)c(-n2c(-c3ccccc3O)nc3c(-c4cc(-c5ccccc5)cc(-c5cc(-c6ccccc6)ccn5)c4)cccc32)cc1-c1ccccc1. The Balaban J connectivity index is 1.27. The molecule has 0 aliphatic heterocycles. The number of phenolic OH excluding ortho intramolecular Hbond substituents is 1. The van der Waals surface area contributed by atoms with Crippen molar-refractivity contribution in [2.75, 3.05) is 0 Å². The van der Waals surface area contributed by atoms with Gasteiger partial charge in [0.15, 0.2) is 0 Å². The van der Waals surface area contributed by atoms with Gasteiger partial charge < -0.3 is 5.11 Å². The zero-order valence-corrected chi connectivity index (χ0v) is 34.0. The molecule has 0 saturated heterocycles. The van der Waals surface area contributed by atoms with E-state index in [1.54, 1.807) is 6.07 Å². The molecular weight excluding hydrogens is 743 g/mol. The van der Waals surface area contributed by atoms with Gasteiger partial charge in [-0.25, -0.2) is 4.98 Å². The molecule has 61 heavy (non-hydrogen) atoms. The molecule has 0 amide bonds. The predicted molar refractivity (Wildman–Crippen MR) is 253 cm³/mol. The number of imidazole rings is 1. The number of rotatable bonds is 9. The van der Waals surface area contributed by atoms with Crippen LogP contribution in [-0.2, 0) is 0 Å². The third-order valence-corrected chi connectivity index (χ3v) is 11.4. The second-order valence-electron chi connectivity index (χ2n) is 15.6. The summed E-state index contributed by atoms with van der Waals surface area (Å²) >= 11 is 0. The standard InChI is InChI=1S/C57H43N3O/c1-38(2)49-36-51(42-24-13-6-14-25-42)54(37-50(49)41-22-11-5-12-23-41)60-53-28-17-27-47(56(53)59-57(60)48-26-15-16-29-55(48)61)45-32-44(40-20-9-4-10-21-40)33-46(34-45)52-35-43(30-31-58-52)39-18-7-3-8-19-39/h3-38,61H,1-2H3/i38D. The van der Waals surface area contributed by atoms with Crippen molar-refractivity contribution in [2.24, 2.45) is 0 Å². The Morgan fingerprint density at radius 1 is 0.459 bits per heavy atom. The van der Waals surface area contributed by atoms with E-state index in [0.29, 0.717) is 11.4 Å². The summed E-state index contributed by atoms with van der Waals surface area (Å²) in [6, 6.07) is 70.5. The summed E-state index contributed by atoms with van der Waals surface area (Å²) in [7, 11) is 0. The van der Waals surface area contributed by atoms with Gasteiger partial charge in [0.05, 0.1) is 28.0 Å². The first-order chi connectivity index (χ1) is 30.3. The molecule has 0 fully saturated rings. The molecule has 0 spiro atoms. The van der Waals surface area contributed by atoms with E-state index in [4.69, 9.17) is 9.97 Å². The van der Waals surface area contributed by atoms with Crippen LogP contribution in [0.1, 0.15) is 26.7 Å². The Kier molecular flexibility index (Phi) is 9.57. The summed E-state index contributed by atoms with van der Waals surface area (Å²) in [5.74, 6) is -0.164. The number of nitrogens with zero attached hydrogens (tertiary/aromatic N) is 3. The number of pyridine rings is 1. The van der Waals surface area contributed by atoms with E-state index in [2.05, 4.69) is 138 Å². The Hall–Kier alpha value is -7.82. The van der Waals surface area contributed by atoms with Crippen LogP contribution in [-0.4, -0.2) is 19.6 Å². The van der Waals surface area contributed by atoms with Gasteiger partial charge >= 0.3 is 0 Å². The van der Waals surface area contributed by atoms with E-state index in [1.807, 2.05) is 86.8 Å². The molecule has 0 bridgehead atoms. The zero-order chi connectivity index (χ0) is 42.2. The van der Waals surface area contributed by atoms with Gasteiger partial charge in [0.2, 0.25) is 0 Å². The second kappa shape index (κ2) is 16.1. The number of para-hydroxylation sites is 2. The predicted octanol–water partition coefficient (Wildman–Crippen LogP) is 14.9. The number of hydrogen-bond donors (Lipinski definition) is 1. The first kappa shape index (κ1) is 36.3. The molecule has 2 aromatic heterocycles. The van der Waals surface area contributed by atoms with Crippen molar-refractivity contribution in [1.29, 1.82) is 0 Å². The van der Waals surface area contributed by atoms with Crippen molar-refractivity contribution in [3.63, 3.8) is 0 Å². The molecule has 0 unspecified atom stereocenters. The van der Waals surface area contributed by atoms with Gasteiger partial charge in [0, 0.05) is 24.3 Å². The van der Waals surface area contributed by atoms with Crippen molar-refractivity contribution in [3.05, 3.63) is 218 Å². The summed E-state index contributed by atoms with van der Waals surface area (Å²) < 4.78 is 11.6. The van der Waals surface area contributed by atoms with Crippen LogP contribution in [0, 0.1) is 0 Å². The Morgan fingerprint density at radius 3 is 1.67 bits per heavy atom. The Labute approximate surface area is 358 Å². The average Bonchev–Trinajstić information content (AvgIpc) is 3.71. The monoisotopic (exact) mass is 786 g/mol. The normalized spacial score (nSPS) is 11.7.